The Morgan fingerprint density at radius 1 is 1.12 bits per heavy atom. The van der Waals surface area contributed by atoms with Crippen molar-refractivity contribution >= 4 is 57.5 Å². The molecule has 3 aromatic rings. The van der Waals surface area contributed by atoms with E-state index in [1.54, 1.807) is 18.2 Å². The molecule has 232 valence electrons. The van der Waals surface area contributed by atoms with Gasteiger partial charge in [-0.15, -0.1) is 17.0 Å². The van der Waals surface area contributed by atoms with Gasteiger partial charge in [0.25, 0.3) is 0 Å². The standard InChI is InChI=1S/C30H36Cl2N6O4.BrH/c1-2-41-29-19-23(10-11-27(29)38(39)40)36-14-16-37(17-15-36)30(33-13-12-21-8-9-22(31)18-25(21)32)34-20-26-24-6-4-3-5-7-28(24)42-35-26;/h8-11,18-19H,2-7,12-17,20H2,1H3,(H,33,34);1H. The van der Waals surface area contributed by atoms with Crippen molar-refractivity contribution in [2.75, 3.05) is 44.2 Å². The van der Waals surface area contributed by atoms with Crippen molar-refractivity contribution in [3.05, 3.63) is 79.1 Å². The number of fused-ring (bicyclic) bond motifs is 1. The number of piperazine rings is 1. The zero-order chi connectivity index (χ0) is 29.5. The third kappa shape index (κ3) is 8.33. The van der Waals surface area contributed by atoms with Gasteiger partial charge in [0, 0.05) is 72.6 Å². The number of benzene rings is 2. The molecule has 1 fully saturated rings. The van der Waals surface area contributed by atoms with Crippen LogP contribution in [-0.4, -0.2) is 60.3 Å². The Labute approximate surface area is 272 Å². The second-order valence-electron chi connectivity index (χ2n) is 10.5. The zero-order valence-corrected chi connectivity index (χ0v) is 27.4. The van der Waals surface area contributed by atoms with Crippen LogP contribution in [0.5, 0.6) is 5.75 Å². The van der Waals surface area contributed by atoms with E-state index >= 15 is 0 Å². The van der Waals surface area contributed by atoms with E-state index < -0.39 is 4.92 Å². The smallest absolute Gasteiger partial charge is 0.311 e. The number of aromatic nitrogens is 1. The van der Waals surface area contributed by atoms with Crippen molar-refractivity contribution in [2.24, 2.45) is 4.99 Å². The lowest BCUT2D eigenvalue weighted by Gasteiger charge is -2.38. The molecule has 10 nitrogen and oxygen atoms in total. The number of ether oxygens (including phenoxy) is 1. The van der Waals surface area contributed by atoms with Gasteiger partial charge in [0.1, 0.15) is 11.5 Å². The van der Waals surface area contributed by atoms with Crippen molar-refractivity contribution in [1.82, 2.24) is 15.4 Å². The second-order valence-corrected chi connectivity index (χ2v) is 11.3. The van der Waals surface area contributed by atoms with Crippen LogP contribution in [0.1, 0.15) is 48.8 Å². The maximum Gasteiger partial charge on any atom is 0.311 e. The summed E-state index contributed by atoms with van der Waals surface area (Å²) in [5, 5.41) is 20.6. The summed E-state index contributed by atoms with van der Waals surface area (Å²) in [6.07, 6.45) is 6.13. The van der Waals surface area contributed by atoms with Crippen molar-refractivity contribution in [3.63, 3.8) is 0 Å². The van der Waals surface area contributed by atoms with Gasteiger partial charge in [-0.25, -0.2) is 4.99 Å². The van der Waals surface area contributed by atoms with Crippen molar-refractivity contribution in [3.8, 4) is 5.75 Å². The second kappa shape index (κ2) is 15.6. The van der Waals surface area contributed by atoms with Gasteiger partial charge in [0.2, 0.25) is 0 Å². The molecule has 1 aromatic heterocycles. The minimum Gasteiger partial charge on any atom is -0.487 e. The minimum absolute atomic E-state index is 0. The van der Waals surface area contributed by atoms with E-state index in [0.717, 1.165) is 86.9 Å². The number of hydrogen-bond acceptors (Lipinski definition) is 7. The summed E-state index contributed by atoms with van der Waals surface area (Å²) in [7, 11) is 0. The maximum absolute atomic E-state index is 11.4. The lowest BCUT2D eigenvalue weighted by molar-refractivity contribution is -0.385. The number of nitro groups is 1. The number of nitro benzene ring substituents is 1. The number of nitrogens with one attached hydrogen (secondary N) is 1. The Hall–Kier alpha value is -3.02. The molecular formula is C30H37BrCl2N6O4. The molecular weight excluding hydrogens is 659 g/mol. The van der Waals surface area contributed by atoms with Crippen LogP contribution in [-0.2, 0) is 25.8 Å². The number of nitrogens with zero attached hydrogens (tertiary/aromatic N) is 5. The first kappa shape index (κ1) is 32.9. The van der Waals surface area contributed by atoms with E-state index in [1.807, 2.05) is 19.1 Å². The summed E-state index contributed by atoms with van der Waals surface area (Å²) in [6.45, 7) is 6.19. The molecule has 0 spiro atoms. The SMILES string of the molecule is Br.CCOc1cc(N2CCN(C(=NCc3noc4c3CCCCC4)NCCc3ccc(Cl)cc3Cl)CC2)ccc1[N+](=O)[O-]. The lowest BCUT2D eigenvalue weighted by Crippen LogP contribution is -2.53. The highest BCUT2D eigenvalue weighted by Crippen LogP contribution is 2.32. The molecule has 2 aromatic carbocycles. The van der Waals surface area contributed by atoms with Crippen molar-refractivity contribution in [1.29, 1.82) is 0 Å². The van der Waals surface area contributed by atoms with Gasteiger partial charge in [-0.3, -0.25) is 10.1 Å². The first-order valence-corrected chi connectivity index (χ1v) is 15.3. The Morgan fingerprint density at radius 3 is 2.65 bits per heavy atom. The van der Waals surface area contributed by atoms with Gasteiger partial charge >= 0.3 is 5.69 Å². The molecule has 2 aliphatic rings. The molecule has 43 heavy (non-hydrogen) atoms. The van der Waals surface area contributed by atoms with Gasteiger partial charge in [-0.2, -0.15) is 0 Å². The van der Waals surface area contributed by atoms with Crippen LogP contribution < -0.4 is 15.0 Å². The summed E-state index contributed by atoms with van der Waals surface area (Å²) in [5.74, 6) is 2.11. The molecule has 0 saturated carbocycles. The Balaban J connectivity index is 0.00000423. The van der Waals surface area contributed by atoms with Crippen LogP contribution in [0.15, 0.2) is 45.9 Å². The molecule has 1 aliphatic carbocycles. The third-order valence-corrected chi connectivity index (χ3v) is 8.32. The molecule has 0 unspecified atom stereocenters. The molecule has 0 atom stereocenters. The topological polar surface area (TPSA) is 109 Å². The van der Waals surface area contributed by atoms with Gasteiger partial charge in [-0.1, -0.05) is 40.8 Å². The zero-order valence-electron chi connectivity index (χ0n) is 24.2. The Kier molecular flexibility index (Phi) is 12.0. The fourth-order valence-corrected chi connectivity index (χ4v) is 6.00. The molecule has 0 bridgehead atoms. The third-order valence-electron chi connectivity index (χ3n) is 7.74. The summed E-state index contributed by atoms with van der Waals surface area (Å²) >= 11 is 12.5. The summed E-state index contributed by atoms with van der Waals surface area (Å²) in [6, 6.07) is 10.6. The number of rotatable bonds is 9. The molecule has 5 rings (SSSR count). The molecule has 2 heterocycles. The Morgan fingerprint density at radius 2 is 1.91 bits per heavy atom. The van der Waals surface area contributed by atoms with Crippen LogP contribution in [0.4, 0.5) is 11.4 Å². The quantitative estimate of drug-likeness (QED) is 0.0872. The molecule has 13 heteroatoms. The van der Waals surface area contributed by atoms with E-state index in [9.17, 15) is 10.1 Å². The molecule has 0 amide bonds. The van der Waals surface area contributed by atoms with Gasteiger partial charge in [0.15, 0.2) is 11.7 Å². The fourth-order valence-electron chi connectivity index (χ4n) is 5.50. The van der Waals surface area contributed by atoms with E-state index in [4.69, 9.17) is 37.5 Å². The van der Waals surface area contributed by atoms with Crippen molar-refractivity contribution < 1.29 is 14.2 Å². The molecule has 1 aliphatic heterocycles. The summed E-state index contributed by atoms with van der Waals surface area (Å²) in [5.41, 5.74) is 4.03. The van der Waals surface area contributed by atoms with Crippen molar-refractivity contribution in [2.45, 2.75) is 52.0 Å². The van der Waals surface area contributed by atoms with E-state index in [-0.39, 0.29) is 22.7 Å². The predicted molar refractivity (Wildman–Crippen MR) is 175 cm³/mol. The van der Waals surface area contributed by atoms with E-state index in [0.29, 0.717) is 35.5 Å². The van der Waals surface area contributed by atoms with Crippen LogP contribution in [0.3, 0.4) is 0 Å². The fraction of sp³-hybridized carbons (Fsp3) is 0.467. The highest BCUT2D eigenvalue weighted by Gasteiger charge is 2.24. The number of hydrogen-bond donors (Lipinski definition) is 1. The Bertz CT molecular complexity index is 1430. The maximum atomic E-state index is 11.4. The molecule has 1 saturated heterocycles. The average molecular weight is 696 g/mol. The first-order chi connectivity index (χ1) is 20.4. The van der Waals surface area contributed by atoms with Gasteiger partial charge < -0.3 is 24.4 Å². The molecule has 0 radical (unpaired) electrons. The number of anilines is 1. The minimum atomic E-state index is -0.411. The normalized spacial score (nSPS) is 15.4. The summed E-state index contributed by atoms with van der Waals surface area (Å²) < 4.78 is 11.2. The van der Waals surface area contributed by atoms with Crippen LogP contribution in [0.25, 0.3) is 0 Å². The largest absolute Gasteiger partial charge is 0.487 e. The predicted octanol–water partition coefficient (Wildman–Crippen LogP) is 6.65. The number of guanidine groups is 1. The number of aryl methyl sites for hydroxylation is 1. The average Bonchev–Trinajstić information content (AvgIpc) is 3.21. The summed E-state index contributed by atoms with van der Waals surface area (Å²) in [4.78, 5) is 20.5. The first-order valence-electron chi connectivity index (χ1n) is 14.5. The number of halogens is 3. The van der Waals surface area contributed by atoms with Gasteiger partial charge in [0.05, 0.1) is 18.1 Å². The number of aliphatic imine (C=N–C) groups is 1. The van der Waals surface area contributed by atoms with E-state index in [1.165, 1.54) is 18.1 Å². The molecule has 1 N–H and O–H groups in total. The lowest BCUT2D eigenvalue weighted by atomic mass is 10.1. The van der Waals surface area contributed by atoms with Crippen LogP contribution in [0.2, 0.25) is 10.0 Å². The van der Waals surface area contributed by atoms with Gasteiger partial charge in [-0.05, 0) is 56.4 Å². The van der Waals surface area contributed by atoms with Crippen LogP contribution >= 0.6 is 40.2 Å². The highest BCUT2D eigenvalue weighted by atomic mass is 79.9. The highest BCUT2D eigenvalue weighted by molar-refractivity contribution is 8.93. The monoisotopic (exact) mass is 694 g/mol. The van der Waals surface area contributed by atoms with Crippen LogP contribution in [0, 0.1) is 10.1 Å². The van der Waals surface area contributed by atoms with E-state index in [2.05, 4.69) is 20.3 Å².